The van der Waals surface area contributed by atoms with E-state index in [1.54, 1.807) is 13.4 Å². The summed E-state index contributed by atoms with van der Waals surface area (Å²) in [6.45, 7) is 1.93. The third kappa shape index (κ3) is 4.66. The number of amides is 1. The molecule has 0 unspecified atom stereocenters. The molecule has 2 aromatic carbocycles. The number of methoxy groups -OCH3 is 1. The van der Waals surface area contributed by atoms with Crippen LogP contribution in [0, 0.1) is 6.92 Å². The van der Waals surface area contributed by atoms with Crippen LogP contribution in [0.4, 0.5) is 5.69 Å². The summed E-state index contributed by atoms with van der Waals surface area (Å²) >= 11 is 0. The molecule has 2 rings (SSSR count). The van der Waals surface area contributed by atoms with Crippen molar-refractivity contribution in [3.63, 3.8) is 0 Å². The van der Waals surface area contributed by atoms with Crippen molar-refractivity contribution in [2.75, 3.05) is 18.7 Å². The summed E-state index contributed by atoms with van der Waals surface area (Å²) in [5.41, 5.74) is 3.54. The minimum absolute atomic E-state index is 0.104. The minimum atomic E-state index is -0.913. The van der Waals surface area contributed by atoms with Crippen LogP contribution in [0.25, 0.3) is 0 Å². The van der Waals surface area contributed by atoms with Gasteiger partial charge in [0.25, 0.3) is 0 Å². The van der Waals surface area contributed by atoms with Gasteiger partial charge >= 0.3 is 0 Å². The summed E-state index contributed by atoms with van der Waals surface area (Å²) in [6, 6.07) is 13.1. The van der Waals surface area contributed by atoms with E-state index in [0.717, 1.165) is 22.4 Å². The Hall–Kier alpha value is -2.14. The van der Waals surface area contributed by atoms with Gasteiger partial charge in [0.05, 0.1) is 13.5 Å². The van der Waals surface area contributed by atoms with Crippen LogP contribution in [0.2, 0.25) is 0 Å². The summed E-state index contributed by atoms with van der Waals surface area (Å²) in [5.74, 6) is 1.09. The molecule has 1 atom stereocenters. The number of hydrogen-bond donors (Lipinski definition) is 1. The van der Waals surface area contributed by atoms with Crippen molar-refractivity contribution in [3.8, 4) is 5.75 Å². The van der Waals surface area contributed by atoms with Gasteiger partial charge in [0.1, 0.15) is 5.75 Å². The quantitative estimate of drug-likeness (QED) is 0.885. The smallest absolute Gasteiger partial charge is 0.228 e. The standard InChI is InChI=1S/C18H21NO3S/c1-13-15(12-23(3)21)8-6-9-16(13)19-18(20)11-14-7-4-5-10-17(14)22-2/h4-10H,11-12H2,1-3H3,(H,19,20)/t23-/m1/s1. The molecule has 0 saturated heterocycles. The van der Waals surface area contributed by atoms with Gasteiger partial charge in [0.15, 0.2) is 0 Å². The molecule has 0 aliphatic heterocycles. The first kappa shape index (κ1) is 17.2. The maximum atomic E-state index is 12.3. The van der Waals surface area contributed by atoms with Gasteiger partial charge < -0.3 is 10.1 Å². The van der Waals surface area contributed by atoms with Crippen molar-refractivity contribution in [1.82, 2.24) is 0 Å². The van der Waals surface area contributed by atoms with Crippen LogP contribution in [0.15, 0.2) is 42.5 Å². The van der Waals surface area contributed by atoms with Gasteiger partial charge in [-0.05, 0) is 30.2 Å². The molecule has 0 spiro atoms. The zero-order chi connectivity index (χ0) is 16.8. The van der Waals surface area contributed by atoms with E-state index in [4.69, 9.17) is 4.74 Å². The number of rotatable bonds is 6. The summed E-state index contributed by atoms with van der Waals surface area (Å²) in [7, 11) is 0.680. The van der Waals surface area contributed by atoms with Gasteiger partial charge in [-0.1, -0.05) is 30.3 Å². The lowest BCUT2D eigenvalue weighted by Crippen LogP contribution is -2.16. The molecule has 0 aliphatic rings. The highest BCUT2D eigenvalue weighted by Crippen LogP contribution is 2.22. The summed E-state index contributed by atoms with van der Waals surface area (Å²) in [5, 5.41) is 2.93. The van der Waals surface area contributed by atoms with Gasteiger partial charge in [-0.15, -0.1) is 0 Å². The molecule has 0 radical (unpaired) electrons. The normalized spacial score (nSPS) is 11.8. The van der Waals surface area contributed by atoms with E-state index in [9.17, 15) is 9.00 Å². The fraction of sp³-hybridized carbons (Fsp3) is 0.278. The first-order valence-electron chi connectivity index (χ1n) is 7.31. The lowest BCUT2D eigenvalue weighted by molar-refractivity contribution is -0.115. The van der Waals surface area contributed by atoms with Gasteiger partial charge in [-0.25, -0.2) is 0 Å². The van der Waals surface area contributed by atoms with E-state index in [1.165, 1.54) is 0 Å². The monoisotopic (exact) mass is 331 g/mol. The average molecular weight is 331 g/mol. The molecule has 0 aromatic heterocycles. The second-order valence-electron chi connectivity index (χ2n) is 5.34. The van der Waals surface area contributed by atoms with E-state index >= 15 is 0 Å². The molecule has 4 nitrogen and oxygen atoms in total. The molecule has 1 N–H and O–H groups in total. The van der Waals surface area contributed by atoms with Crippen LogP contribution in [0.1, 0.15) is 16.7 Å². The third-order valence-corrected chi connectivity index (χ3v) is 4.34. The van der Waals surface area contributed by atoms with Gasteiger partial charge in [-0.3, -0.25) is 9.00 Å². The molecule has 2 aromatic rings. The molecule has 0 fully saturated rings. The summed E-state index contributed by atoms with van der Waals surface area (Å²) in [6.07, 6.45) is 1.92. The van der Waals surface area contributed by atoms with Crippen LogP contribution >= 0.6 is 0 Å². The first-order valence-corrected chi connectivity index (χ1v) is 9.04. The number of hydrogen-bond acceptors (Lipinski definition) is 3. The van der Waals surface area contributed by atoms with Crippen molar-refractivity contribution in [2.45, 2.75) is 19.1 Å². The molecule has 0 heterocycles. The van der Waals surface area contributed by atoms with Crippen LogP contribution in [0.5, 0.6) is 5.75 Å². The zero-order valence-corrected chi connectivity index (χ0v) is 14.4. The molecule has 5 heteroatoms. The lowest BCUT2D eigenvalue weighted by atomic mass is 10.1. The molecule has 0 aliphatic carbocycles. The molecule has 122 valence electrons. The maximum Gasteiger partial charge on any atom is 0.228 e. The Labute approximate surface area is 139 Å². The summed E-state index contributed by atoms with van der Waals surface area (Å²) in [4.78, 5) is 12.3. The maximum absolute atomic E-state index is 12.3. The molecule has 0 bridgehead atoms. The fourth-order valence-corrected chi connectivity index (χ4v) is 3.16. The SMILES string of the molecule is COc1ccccc1CC(=O)Nc1cccc(C[S@@](C)=O)c1C. The Bertz CT molecular complexity index is 728. The second-order valence-corrected chi connectivity index (χ2v) is 6.78. The van der Waals surface area contributed by atoms with Gasteiger partial charge in [0.2, 0.25) is 5.91 Å². The zero-order valence-electron chi connectivity index (χ0n) is 13.6. The average Bonchev–Trinajstić information content (AvgIpc) is 2.51. The molecule has 1 amide bonds. The predicted molar refractivity (Wildman–Crippen MR) is 94.3 cm³/mol. The van der Waals surface area contributed by atoms with Gasteiger partial charge in [-0.2, -0.15) is 0 Å². The summed E-state index contributed by atoms with van der Waals surface area (Å²) < 4.78 is 16.7. The van der Waals surface area contributed by atoms with Crippen LogP contribution in [-0.2, 0) is 27.8 Å². The highest BCUT2D eigenvalue weighted by atomic mass is 32.2. The number of carbonyl (C=O) groups is 1. The molecule has 23 heavy (non-hydrogen) atoms. The minimum Gasteiger partial charge on any atom is -0.496 e. The lowest BCUT2D eigenvalue weighted by Gasteiger charge is -2.13. The Morgan fingerprint density at radius 2 is 1.83 bits per heavy atom. The Balaban J connectivity index is 2.13. The van der Waals surface area contributed by atoms with Gasteiger partial charge in [0, 0.05) is 34.1 Å². The van der Waals surface area contributed by atoms with E-state index in [0.29, 0.717) is 11.5 Å². The van der Waals surface area contributed by atoms with Crippen molar-refractivity contribution in [1.29, 1.82) is 0 Å². The van der Waals surface area contributed by atoms with Crippen molar-refractivity contribution >= 4 is 22.4 Å². The largest absolute Gasteiger partial charge is 0.496 e. The van der Waals surface area contributed by atoms with E-state index in [2.05, 4.69) is 5.32 Å². The predicted octanol–water partition coefficient (Wildman–Crippen LogP) is 3.06. The topological polar surface area (TPSA) is 55.4 Å². The van der Waals surface area contributed by atoms with E-state index < -0.39 is 10.8 Å². The van der Waals surface area contributed by atoms with Crippen LogP contribution in [-0.4, -0.2) is 23.5 Å². The molecular formula is C18H21NO3S. The number of para-hydroxylation sites is 1. The number of benzene rings is 2. The first-order chi connectivity index (χ1) is 11.0. The fourth-order valence-electron chi connectivity index (χ4n) is 2.41. The highest BCUT2D eigenvalue weighted by molar-refractivity contribution is 7.83. The van der Waals surface area contributed by atoms with Crippen molar-refractivity contribution < 1.29 is 13.7 Å². The van der Waals surface area contributed by atoms with Crippen LogP contribution in [0.3, 0.4) is 0 Å². The number of anilines is 1. The number of nitrogens with one attached hydrogen (secondary N) is 1. The molecule has 0 saturated carbocycles. The number of carbonyl (C=O) groups excluding carboxylic acids is 1. The highest BCUT2D eigenvalue weighted by Gasteiger charge is 2.11. The van der Waals surface area contributed by atoms with E-state index in [1.807, 2.05) is 49.4 Å². The van der Waals surface area contributed by atoms with Crippen LogP contribution < -0.4 is 10.1 Å². The van der Waals surface area contributed by atoms with Crippen molar-refractivity contribution in [3.05, 3.63) is 59.2 Å². The Kier molecular flexibility index (Phi) is 5.93. The van der Waals surface area contributed by atoms with Crippen molar-refractivity contribution in [2.24, 2.45) is 0 Å². The molecular weight excluding hydrogens is 310 g/mol. The Morgan fingerprint density at radius 3 is 2.52 bits per heavy atom. The number of ether oxygens (including phenoxy) is 1. The Morgan fingerprint density at radius 1 is 1.13 bits per heavy atom. The van der Waals surface area contributed by atoms with E-state index in [-0.39, 0.29) is 12.3 Å². The third-order valence-electron chi connectivity index (χ3n) is 3.62. The second kappa shape index (κ2) is 7.92.